The van der Waals surface area contributed by atoms with E-state index in [1.165, 1.54) is 5.56 Å². The monoisotopic (exact) mass is 350 g/mol. The van der Waals surface area contributed by atoms with Gasteiger partial charge < -0.3 is 15.4 Å². The summed E-state index contributed by atoms with van der Waals surface area (Å²) in [7, 11) is 0. The molecule has 0 unspecified atom stereocenters. The topological polar surface area (TPSA) is 33.3 Å². The molecule has 3 nitrogen and oxygen atoms in total. The van der Waals surface area contributed by atoms with Crippen LogP contribution < -0.4 is 15.4 Å². The van der Waals surface area contributed by atoms with Crippen LogP contribution in [0.5, 0.6) is 5.75 Å². The molecule has 0 spiro atoms. The molecule has 1 saturated heterocycles. The van der Waals surface area contributed by atoms with Crippen LogP contribution in [0.2, 0.25) is 10.0 Å². The summed E-state index contributed by atoms with van der Waals surface area (Å²) in [5, 5.41) is 7.88. The molecule has 23 heavy (non-hydrogen) atoms. The second-order valence-corrected chi connectivity index (χ2v) is 6.65. The molecule has 1 aliphatic rings. The Morgan fingerprint density at radius 3 is 2.39 bits per heavy atom. The van der Waals surface area contributed by atoms with Gasteiger partial charge in [-0.1, -0.05) is 41.4 Å². The molecule has 2 aromatic rings. The molecule has 0 aromatic heterocycles. The van der Waals surface area contributed by atoms with Crippen LogP contribution in [-0.4, -0.2) is 19.6 Å². The van der Waals surface area contributed by atoms with Gasteiger partial charge in [0.05, 0.1) is 10.0 Å². The van der Waals surface area contributed by atoms with Gasteiger partial charge >= 0.3 is 0 Å². The Kier molecular flexibility index (Phi) is 5.79. The third kappa shape index (κ3) is 4.85. The molecule has 0 saturated carbocycles. The summed E-state index contributed by atoms with van der Waals surface area (Å²) in [6, 6.07) is 13.7. The van der Waals surface area contributed by atoms with Crippen LogP contribution in [0.25, 0.3) is 0 Å². The van der Waals surface area contributed by atoms with Crippen LogP contribution in [0.1, 0.15) is 11.1 Å². The minimum Gasteiger partial charge on any atom is -0.489 e. The van der Waals surface area contributed by atoms with E-state index in [1.54, 1.807) is 6.07 Å². The molecular formula is C18H20Cl2N2O. The molecule has 0 atom stereocenters. The van der Waals surface area contributed by atoms with Crippen molar-refractivity contribution in [3.8, 4) is 5.75 Å². The summed E-state index contributed by atoms with van der Waals surface area (Å²) in [6.45, 7) is 4.71. The Morgan fingerprint density at radius 1 is 1.00 bits per heavy atom. The van der Waals surface area contributed by atoms with Crippen LogP contribution >= 0.6 is 23.2 Å². The highest BCUT2D eigenvalue weighted by molar-refractivity contribution is 6.42. The molecule has 2 N–H and O–H groups in total. The predicted molar refractivity (Wildman–Crippen MR) is 95.3 cm³/mol. The third-order valence-electron chi connectivity index (χ3n) is 3.94. The highest BCUT2D eigenvalue weighted by Gasteiger charge is 2.15. The lowest BCUT2D eigenvalue weighted by Gasteiger charge is -2.27. The second-order valence-electron chi connectivity index (χ2n) is 5.84. The standard InChI is InChI=1S/C18H20Cl2N2O/c19-17-6-3-14(7-18(17)20)12-23-16-4-1-13(2-5-16)8-21-9-15-10-22-11-15/h1-7,15,21-22H,8-12H2. The van der Waals surface area contributed by atoms with Crippen molar-refractivity contribution in [1.82, 2.24) is 10.6 Å². The summed E-state index contributed by atoms with van der Waals surface area (Å²) in [5.41, 5.74) is 2.26. The minimum atomic E-state index is 0.475. The molecule has 5 heteroatoms. The van der Waals surface area contributed by atoms with E-state index in [9.17, 15) is 0 Å². The summed E-state index contributed by atoms with van der Waals surface area (Å²) in [6.07, 6.45) is 0. The quantitative estimate of drug-likeness (QED) is 0.794. The average molecular weight is 351 g/mol. The van der Waals surface area contributed by atoms with Crippen molar-refractivity contribution in [1.29, 1.82) is 0 Å². The number of hydrogen-bond acceptors (Lipinski definition) is 3. The van der Waals surface area contributed by atoms with Crippen molar-refractivity contribution in [2.24, 2.45) is 5.92 Å². The van der Waals surface area contributed by atoms with E-state index in [0.717, 1.165) is 43.4 Å². The fraction of sp³-hybridized carbons (Fsp3) is 0.333. The largest absolute Gasteiger partial charge is 0.489 e. The fourth-order valence-electron chi connectivity index (χ4n) is 2.41. The molecule has 0 aliphatic carbocycles. The van der Waals surface area contributed by atoms with Crippen molar-refractivity contribution in [2.45, 2.75) is 13.2 Å². The minimum absolute atomic E-state index is 0.475. The Labute approximate surface area is 146 Å². The van der Waals surface area contributed by atoms with E-state index in [0.29, 0.717) is 16.7 Å². The first kappa shape index (κ1) is 16.6. The molecule has 3 rings (SSSR count). The van der Waals surface area contributed by atoms with Gasteiger partial charge in [-0.3, -0.25) is 0 Å². The lowest BCUT2D eigenvalue weighted by molar-refractivity contribution is 0.306. The zero-order valence-electron chi connectivity index (χ0n) is 12.8. The Hall–Kier alpha value is -1.26. The van der Waals surface area contributed by atoms with Gasteiger partial charge in [0.15, 0.2) is 0 Å². The second kappa shape index (κ2) is 8.02. The maximum absolute atomic E-state index is 6.00. The Balaban J connectivity index is 1.45. The van der Waals surface area contributed by atoms with Crippen molar-refractivity contribution < 1.29 is 4.74 Å². The highest BCUT2D eigenvalue weighted by atomic mass is 35.5. The number of halogens is 2. The highest BCUT2D eigenvalue weighted by Crippen LogP contribution is 2.23. The number of benzene rings is 2. The molecular weight excluding hydrogens is 331 g/mol. The van der Waals surface area contributed by atoms with Crippen molar-refractivity contribution in [3.05, 3.63) is 63.6 Å². The molecule has 122 valence electrons. The van der Waals surface area contributed by atoms with Crippen molar-refractivity contribution in [2.75, 3.05) is 19.6 Å². The van der Waals surface area contributed by atoms with Crippen LogP contribution in [0, 0.1) is 5.92 Å². The number of ether oxygens (including phenoxy) is 1. The third-order valence-corrected chi connectivity index (χ3v) is 4.68. The van der Waals surface area contributed by atoms with Crippen molar-refractivity contribution >= 4 is 23.2 Å². The first-order chi connectivity index (χ1) is 11.2. The van der Waals surface area contributed by atoms with Gasteiger partial charge in [-0.2, -0.15) is 0 Å². The van der Waals surface area contributed by atoms with Gasteiger partial charge in [0.1, 0.15) is 12.4 Å². The Morgan fingerprint density at radius 2 is 1.74 bits per heavy atom. The summed E-state index contributed by atoms with van der Waals surface area (Å²) in [5.74, 6) is 1.63. The smallest absolute Gasteiger partial charge is 0.119 e. The lowest BCUT2D eigenvalue weighted by atomic mass is 10.0. The SMILES string of the molecule is Clc1ccc(COc2ccc(CNCC3CNC3)cc2)cc1Cl. The van der Waals surface area contributed by atoms with Crippen LogP contribution in [0.15, 0.2) is 42.5 Å². The van der Waals surface area contributed by atoms with E-state index in [1.807, 2.05) is 24.3 Å². The van der Waals surface area contributed by atoms with Gasteiger partial charge in [0, 0.05) is 26.2 Å². The predicted octanol–water partition coefficient (Wildman–Crippen LogP) is 3.88. The average Bonchev–Trinajstić information content (AvgIpc) is 2.52. The van der Waals surface area contributed by atoms with Crippen LogP contribution in [0.4, 0.5) is 0 Å². The number of nitrogens with one attached hydrogen (secondary N) is 2. The molecule has 1 fully saturated rings. The summed E-state index contributed by atoms with van der Waals surface area (Å²) in [4.78, 5) is 0. The van der Waals surface area contributed by atoms with Gasteiger partial charge in [0.25, 0.3) is 0 Å². The van der Waals surface area contributed by atoms with Crippen LogP contribution in [-0.2, 0) is 13.2 Å². The van der Waals surface area contributed by atoms with Gasteiger partial charge in [0.2, 0.25) is 0 Å². The van der Waals surface area contributed by atoms with Crippen LogP contribution in [0.3, 0.4) is 0 Å². The fourth-order valence-corrected chi connectivity index (χ4v) is 2.73. The molecule has 2 aromatic carbocycles. The molecule has 0 radical (unpaired) electrons. The first-order valence-electron chi connectivity index (χ1n) is 7.78. The molecule has 0 bridgehead atoms. The van der Waals surface area contributed by atoms with Crippen molar-refractivity contribution in [3.63, 3.8) is 0 Å². The summed E-state index contributed by atoms with van der Waals surface area (Å²) < 4.78 is 5.78. The maximum atomic E-state index is 6.00. The van der Waals surface area contributed by atoms with E-state index in [4.69, 9.17) is 27.9 Å². The molecule has 1 heterocycles. The van der Waals surface area contributed by atoms with Gasteiger partial charge in [-0.05, 0) is 41.3 Å². The zero-order chi connectivity index (χ0) is 16.1. The summed E-state index contributed by atoms with van der Waals surface area (Å²) >= 11 is 11.9. The normalized spacial score (nSPS) is 14.5. The number of hydrogen-bond donors (Lipinski definition) is 2. The number of rotatable bonds is 7. The van der Waals surface area contributed by atoms with E-state index in [-0.39, 0.29) is 0 Å². The van der Waals surface area contributed by atoms with Gasteiger partial charge in [-0.25, -0.2) is 0 Å². The maximum Gasteiger partial charge on any atom is 0.119 e. The van der Waals surface area contributed by atoms with E-state index >= 15 is 0 Å². The zero-order valence-corrected chi connectivity index (χ0v) is 14.3. The lowest BCUT2D eigenvalue weighted by Crippen LogP contribution is -2.47. The Bertz CT molecular complexity index is 642. The van der Waals surface area contributed by atoms with E-state index in [2.05, 4.69) is 22.8 Å². The molecule has 1 aliphatic heterocycles. The first-order valence-corrected chi connectivity index (χ1v) is 8.53. The van der Waals surface area contributed by atoms with E-state index < -0.39 is 0 Å². The molecule has 0 amide bonds. The van der Waals surface area contributed by atoms with Gasteiger partial charge in [-0.15, -0.1) is 0 Å².